The highest BCUT2D eigenvalue weighted by Gasteiger charge is 2.22. The van der Waals surface area contributed by atoms with E-state index in [0.29, 0.717) is 13.0 Å². The number of aromatic nitrogens is 1. The highest BCUT2D eigenvalue weighted by Crippen LogP contribution is 2.11. The number of aliphatic hydroxyl groups excluding tert-OH is 1. The van der Waals surface area contributed by atoms with E-state index in [2.05, 4.69) is 9.88 Å². The van der Waals surface area contributed by atoms with Gasteiger partial charge in [-0.05, 0) is 13.8 Å². The lowest BCUT2D eigenvalue weighted by Gasteiger charge is -2.35. The smallest absolute Gasteiger partial charge is 0.228 e. The van der Waals surface area contributed by atoms with Crippen LogP contribution in [0, 0.1) is 6.92 Å². The molecule has 1 unspecified atom stereocenters. The van der Waals surface area contributed by atoms with Crippen LogP contribution in [-0.2, 0) is 11.2 Å². The molecule has 0 radical (unpaired) electrons. The Bertz CT molecular complexity index is 425. The van der Waals surface area contributed by atoms with Gasteiger partial charge in [-0.25, -0.2) is 4.98 Å². The Hall–Kier alpha value is -0.980. The predicted molar refractivity (Wildman–Crippen MR) is 75.3 cm³/mol. The van der Waals surface area contributed by atoms with Gasteiger partial charge in [0.15, 0.2) is 0 Å². The van der Waals surface area contributed by atoms with Gasteiger partial charge in [-0.15, -0.1) is 11.3 Å². The van der Waals surface area contributed by atoms with Crippen molar-refractivity contribution in [3.8, 4) is 0 Å². The molecule has 1 aromatic rings. The molecule has 1 saturated heterocycles. The van der Waals surface area contributed by atoms with E-state index >= 15 is 0 Å². The maximum absolute atomic E-state index is 12.1. The van der Waals surface area contributed by atoms with Crippen molar-refractivity contribution in [2.75, 3.05) is 32.7 Å². The van der Waals surface area contributed by atoms with Crippen molar-refractivity contribution in [1.82, 2.24) is 14.8 Å². The van der Waals surface area contributed by atoms with E-state index in [-0.39, 0.29) is 12.0 Å². The van der Waals surface area contributed by atoms with Crippen molar-refractivity contribution >= 4 is 17.2 Å². The average Bonchev–Trinajstić information content (AvgIpc) is 2.75. The minimum absolute atomic E-state index is 0.155. The SMILES string of the molecule is Cc1nc(CC(=O)N2CCN(CC(C)O)CC2)cs1. The number of carbonyl (C=O) groups is 1. The number of hydrogen-bond donors (Lipinski definition) is 1. The number of amides is 1. The van der Waals surface area contributed by atoms with Crippen molar-refractivity contribution in [3.05, 3.63) is 16.1 Å². The van der Waals surface area contributed by atoms with E-state index in [0.717, 1.165) is 36.9 Å². The van der Waals surface area contributed by atoms with Crippen LogP contribution in [0.5, 0.6) is 0 Å². The second kappa shape index (κ2) is 6.45. The molecule has 1 aliphatic heterocycles. The first-order valence-electron chi connectivity index (χ1n) is 6.64. The van der Waals surface area contributed by atoms with Crippen molar-refractivity contribution in [2.24, 2.45) is 0 Å². The first-order valence-corrected chi connectivity index (χ1v) is 7.52. The van der Waals surface area contributed by atoms with Gasteiger partial charge in [0.2, 0.25) is 5.91 Å². The van der Waals surface area contributed by atoms with E-state index in [1.165, 1.54) is 0 Å². The molecule has 1 fully saturated rings. The van der Waals surface area contributed by atoms with Gasteiger partial charge in [0, 0.05) is 38.1 Å². The summed E-state index contributed by atoms with van der Waals surface area (Å²) in [6.07, 6.45) is 0.0982. The van der Waals surface area contributed by atoms with Crippen LogP contribution in [0.3, 0.4) is 0 Å². The van der Waals surface area contributed by atoms with Crippen LogP contribution in [0.25, 0.3) is 0 Å². The van der Waals surface area contributed by atoms with E-state index in [4.69, 9.17) is 0 Å². The number of piperazine rings is 1. The molecule has 2 rings (SSSR count). The Morgan fingerprint density at radius 2 is 2.16 bits per heavy atom. The van der Waals surface area contributed by atoms with Crippen LogP contribution in [-0.4, -0.2) is 64.6 Å². The molecule has 1 aromatic heterocycles. The number of hydrogen-bond acceptors (Lipinski definition) is 5. The fourth-order valence-electron chi connectivity index (χ4n) is 2.31. The summed E-state index contributed by atoms with van der Waals surface area (Å²) in [4.78, 5) is 20.5. The summed E-state index contributed by atoms with van der Waals surface area (Å²) < 4.78 is 0. The molecular formula is C13H21N3O2S. The Balaban J connectivity index is 1.79. The maximum atomic E-state index is 12.1. The van der Waals surface area contributed by atoms with Crippen molar-refractivity contribution in [3.63, 3.8) is 0 Å². The van der Waals surface area contributed by atoms with E-state index in [1.807, 2.05) is 17.2 Å². The van der Waals surface area contributed by atoms with Crippen LogP contribution >= 0.6 is 11.3 Å². The first kappa shape index (κ1) is 14.4. The summed E-state index contributed by atoms with van der Waals surface area (Å²) in [6, 6.07) is 0. The van der Waals surface area contributed by atoms with Crippen LogP contribution in [0.2, 0.25) is 0 Å². The maximum Gasteiger partial charge on any atom is 0.228 e. The van der Waals surface area contributed by atoms with Crippen molar-refractivity contribution < 1.29 is 9.90 Å². The number of aliphatic hydroxyl groups is 1. The molecule has 5 nitrogen and oxygen atoms in total. The van der Waals surface area contributed by atoms with Gasteiger partial charge in [-0.1, -0.05) is 0 Å². The largest absolute Gasteiger partial charge is 0.392 e. The lowest BCUT2D eigenvalue weighted by Crippen LogP contribution is -2.50. The number of rotatable bonds is 4. The summed E-state index contributed by atoms with van der Waals surface area (Å²) in [5, 5.41) is 12.3. The highest BCUT2D eigenvalue weighted by molar-refractivity contribution is 7.09. The molecule has 0 bridgehead atoms. The lowest BCUT2D eigenvalue weighted by molar-refractivity contribution is -0.132. The molecule has 1 N–H and O–H groups in total. The molecular weight excluding hydrogens is 262 g/mol. The van der Waals surface area contributed by atoms with Gasteiger partial charge in [0.05, 0.1) is 23.2 Å². The fraction of sp³-hybridized carbons (Fsp3) is 0.692. The Morgan fingerprint density at radius 1 is 1.47 bits per heavy atom. The highest BCUT2D eigenvalue weighted by atomic mass is 32.1. The minimum atomic E-state index is -0.305. The molecule has 0 aliphatic carbocycles. The van der Waals surface area contributed by atoms with Gasteiger partial charge < -0.3 is 10.0 Å². The van der Waals surface area contributed by atoms with Crippen molar-refractivity contribution in [1.29, 1.82) is 0 Å². The summed E-state index contributed by atoms with van der Waals surface area (Å²) in [5.41, 5.74) is 0.874. The first-order chi connectivity index (χ1) is 9.04. The number of thiazole rings is 1. The van der Waals surface area contributed by atoms with E-state index in [1.54, 1.807) is 18.3 Å². The summed E-state index contributed by atoms with van der Waals surface area (Å²) >= 11 is 1.58. The molecule has 1 atom stereocenters. The second-order valence-electron chi connectivity index (χ2n) is 5.07. The number of aryl methyl sites for hydroxylation is 1. The topological polar surface area (TPSA) is 56.7 Å². The lowest BCUT2D eigenvalue weighted by atomic mass is 10.2. The monoisotopic (exact) mass is 283 g/mol. The van der Waals surface area contributed by atoms with Crippen LogP contribution < -0.4 is 0 Å². The van der Waals surface area contributed by atoms with Crippen LogP contribution in [0.15, 0.2) is 5.38 Å². The Kier molecular flexibility index (Phi) is 4.90. The minimum Gasteiger partial charge on any atom is -0.392 e. The third-order valence-corrected chi connectivity index (χ3v) is 4.07. The average molecular weight is 283 g/mol. The zero-order valence-electron chi connectivity index (χ0n) is 11.5. The van der Waals surface area contributed by atoms with Crippen LogP contribution in [0.4, 0.5) is 0 Å². The third kappa shape index (κ3) is 4.26. The molecule has 2 heterocycles. The zero-order valence-corrected chi connectivity index (χ0v) is 12.3. The molecule has 1 aliphatic rings. The van der Waals surface area contributed by atoms with Crippen molar-refractivity contribution in [2.45, 2.75) is 26.4 Å². The normalized spacial score (nSPS) is 18.6. The molecule has 1 amide bonds. The van der Waals surface area contributed by atoms with E-state index in [9.17, 15) is 9.90 Å². The second-order valence-corrected chi connectivity index (χ2v) is 6.13. The fourth-order valence-corrected chi connectivity index (χ4v) is 2.92. The zero-order chi connectivity index (χ0) is 13.8. The predicted octanol–water partition coefficient (Wildman–Crippen LogP) is 0.519. The van der Waals surface area contributed by atoms with Gasteiger partial charge >= 0.3 is 0 Å². The number of nitrogens with zero attached hydrogens (tertiary/aromatic N) is 3. The quantitative estimate of drug-likeness (QED) is 0.875. The third-order valence-electron chi connectivity index (χ3n) is 3.25. The molecule has 106 valence electrons. The summed E-state index contributed by atoms with van der Waals surface area (Å²) in [5.74, 6) is 0.155. The summed E-state index contributed by atoms with van der Waals surface area (Å²) in [6.45, 7) is 7.60. The standard InChI is InChI=1S/C13H21N3O2S/c1-10(17)8-15-3-5-16(6-4-15)13(18)7-12-9-19-11(2)14-12/h9-10,17H,3-8H2,1-2H3. The molecule has 0 aromatic carbocycles. The van der Waals surface area contributed by atoms with Gasteiger partial charge in [-0.2, -0.15) is 0 Å². The Morgan fingerprint density at radius 3 is 2.68 bits per heavy atom. The van der Waals surface area contributed by atoms with Gasteiger partial charge in [-0.3, -0.25) is 9.69 Å². The number of β-amino-alcohol motifs (C(OH)–C–C–N with tert-alkyl or cyclic N) is 1. The van der Waals surface area contributed by atoms with E-state index < -0.39 is 0 Å². The molecule has 19 heavy (non-hydrogen) atoms. The summed E-state index contributed by atoms with van der Waals surface area (Å²) in [7, 11) is 0. The Labute approximate surface area is 117 Å². The van der Waals surface area contributed by atoms with Gasteiger partial charge in [0.25, 0.3) is 0 Å². The van der Waals surface area contributed by atoms with Crippen LogP contribution in [0.1, 0.15) is 17.6 Å². The van der Waals surface area contributed by atoms with Gasteiger partial charge in [0.1, 0.15) is 0 Å². The molecule has 6 heteroatoms. The number of carbonyl (C=O) groups excluding carboxylic acids is 1. The molecule has 0 spiro atoms. The molecule has 0 saturated carbocycles.